The number of amides is 1. The monoisotopic (exact) mass is 442 g/mol. The molecule has 4 rings (SSSR count). The van der Waals surface area contributed by atoms with E-state index in [2.05, 4.69) is 32.6 Å². The van der Waals surface area contributed by atoms with Gasteiger partial charge in [0.2, 0.25) is 5.91 Å². The molecule has 30 heavy (non-hydrogen) atoms. The molecule has 0 atom stereocenters. The molecule has 0 saturated carbocycles. The Labute approximate surface area is 185 Å². The number of hydrogen-bond donors (Lipinski definition) is 0. The fourth-order valence-electron chi connectivity index (χ4n) is 3.36. The Morgan fingerprint density at radius 2 is 1.73 bits per heavy atom. The third kappa shape index (κ3) is 5.38. The zero-order chi connectivity index (χ0) is 20.8. The van der Waals surface area contributed by atoms with Crippen LogP contribution in [0.5, 0.6) is 0 Å². The number of benzene rings is 2. The van der Waals surface area contributed by atoms with Gasteiger partial charge in [0.05, 0.1) is 18.0 Å². The molecule has 0 N–H and O–H groups in total. The van der Waals surface area contributed by atoms with Crippen molar-refractivity contribution in [3.05, 3.63) is 71.0 Å². The fraction of sp³-hybridized carbons (Fsp3) is 0.333. The highest BCUT2D eigenvalue weighted by molar-refractivity contribution is 7.99. The van der Waals surface area contributed by atoms with Crippen LogP contribution in [0.4, 0.5) is 0 Å². The lowest BCUT2D eigenvalue weighted by atomic mass is 10.2. The van der Waals surface area contributed by atoms with Crippen LogP contribution in [-0.2, 0) is 17.1 Å². The molecule has 156 valence electrons. The second-order valence-electron chi connectivity index (χ2n) is 7.12. The number of thioether (sulfide) groups is 1. The van der Waals surface area contributed by atoms with E-state index in [1.165, 1.54) is 5.56 Å². The Morgan fingerprint density at radius 3 is 2.47 bits per heavy atom. The molecule has 2 heterocycles. The minimum Gasteiger partial charge on any atom is -0.339 e. The van der Waals surface area contributed by atoms with E-state index in [1.54, 1.807) is 16.4 Å². The van der Waals surface area contributed by atoms with Crippen molar-refractivity contribution in [1.29, 1.82) is 0 Å². The minimum absolute atomic E-state index is 0.210. The van der Waals surface area contributed by atoms with Crippen molar-refractivity contribution in [3.8, 4) is 5.69 Å². The van der Waals surface area contributed by atoms with Crippen molar-refractivity contribution < 1.29 is 4.79 Å². The summed E-state index contributed by atoms with van der Waals surface area (Å²) in [6.45, 7) is 3.71. The molecule has 0 radical (unpaired) electrons. The van der Waals surface area contributed by atoms with Crippen molar-refractivity contribution >= 4 is 29.3 Å². The van der Waals surface area contributed by atoms with Gasteiger partial charge < -0.3 is 4.90 Å². The van der Waals surface area contributed by atoms with Crippen molar-refractivity contribution in [2.75, 3.05) is 31.9 Å². The van der Waals surface area contributed by atoms with Gasteiger partial charge in [0.15, 0.2) is 5.82 Å². The van der Waals surface area contributed by atoms with Crippen molar-refractivity contribution in [2.24, 2.45) is 0 Å². The smallest absolute Gasteiger partial charge is 0.232 e. The first-order valence-electron chi connectivity index (χ1n) is 9.84. The molecule has 0 unspecified atom stereocenters. The molecular weight excluding hydrogens is 420 g/mol. The summed E-state index contributed by atoms with van der Waals surface area (Å²) in [6, 6.07) is 17.7. The first-order valence-corrected chi connectivity index (χ1v) is 11.4. The Balaban J connectivity index is 1.25. The number of rotatable bonds is 7. The highest BCUT2D eigenvalue weighted by Crippen LogP contribution is 2.16. The number of hydrogen-bond acceptors (Lipinski definition) is 6. The average Bonchev–Trinajstić information content (AvgIpc) is 3.23. The summed E-state index contributed by atoms with van der Waals surface area (Å²) in [4.78, 5) is 16.7. The summed E-state index contributed by atoms with van der Waals surface area (Å²) in [5, 5.41) is 12.8. The molecule has 0 bridgehead atoms. The van der Waals surface area contributed by atoms with E-state index in [0.717, 1.165) is 43.4 Å². The van der Waals surface area contributed by atoms with Crippen LogP contribution >= 0.6 is 23.4 Å². The number of aromatic nitrogens is 4. The normalized spacial score (nSPS) is 14.8. The first-order chi connectivity index (χ1) is 14.7. The van der Waals surface area contributed by atoms with Crippen molar-refractivity contribution in [3.63, 3.8) is 0 Å². The van der Waals surface area contributed by atoms with Crippen LogP contribution in [0, 0.1) is 0 Å². The Hall–Kier alpha value is -2.42. The SMILES string of the molecule is O=C(CSCc1ccccc1)N1CCN(Cc2nnnn2-c2ccc(Cl)cc2)CC1. The summed E-state index contributed by atoms with van der Waals surface area (Å²) >= 11 is 7.64. The number of carbonyl (C=O) groups is 1. The van der Waals surface area contributed by atoms with Gasteiger partial charge in [-0.1, -0.05) is 41.9 Å². The predicted octanol–water partition coefficient (Wildman–Crippen LogP) is 2.89. The number of carbonyl (C=O) groups excluding carboxylic acids is 1. The van der Waals surface area contributed by atoms with Gasteiger partial charge in [-0.15, -0.1) is 16.9 Å². The maximum Gasteiger partial charge on any atom is 0.232 e. The summed E-state index contributed by atoms with van der Waals surface area (Å²) in [7, 11) is 0. The molecule has 0 aliphatic carbocycles. The Bertz CT molecular complexity index is 957. The topological polar surface area (TPSA) is 67.2 Å². The molecule has 3 aromatic rings. The quantitative estimate of drug-likeness (QED) is 0.560. The highest BCUT2D eigenvalue weighted by atomic mass is 35.5. The van der Waals surface area contributed by atoms with Gasteiger partial charge in [-0.3, -0.25) is 9.69 Å². The van der Waals surface area contributed by atoms with Gasteiger partial charge in [-0.25, -0.2) is 0 Å². The molecule has 1 saturated heterocycles. The Morgan fingerprint density at radius 1 is 1.00 bits per heavy atom. The van der Waals surface area contributed by atoms with Gasteiger partial charge in [-0.05, 0) is 40.3 Å². The zero-order valence-electron chi connectivity index (χ0n) is 16.5. The third-order valence-corrected chi connectivity index (χ3v) is 6.27. The second-order valence-corrected chi connectivity index (χ2v) is 8.54. The lowest BCUT2D eigenvalue weighted by Gasteiger charge is -2.34. The summed E-state index contributed by atoms with van der Waals surface area (Å²) in [5.41, 5.74) is 2.13. The molecule has 1 fully saturated rings. The first kappa shape index (κ1) is 20.8. The van der Waals surface area contributed by atoms with E-state index in [9.17, 15) is 4.79 Å². The third-order valence-electron chi connectivity index (χ3n) is 5.03. The molecular formula is C21H23ClN6OS. The van der Waals surface area contributed by atoms with Crippen LogP contribution in [0.3, 0.4) is 0 Å². The van der Waals surface area contributed by atoms with Crippen LogP contribution in [0.1, 0.15) is 11.4 Å². The number of halogens is 1. The predicted molar refractivity (Wildman–Crippen MR) is 119 cm³/mol. The van der Waals surface area contributed by atoms with Crippen LogP contribution in [0.2, 0.25) is 5.02 Å². The van der Waals surface area contributed by atoms with E-state index < -0.39 is 0 Å². The van der Waals surface area contributed by atoms with Gasteiger partial charge in [-0.2, -0.15) is 4.68 Å². The zero-order valence-corrected chi connectivity index (χ0v) is 18.1. The lowest BCUT2D eigenvalue weighted by Crippen LogP contribution is -2.49. The minimum atomic E-state index is 0.210. The molecule has 0 spiro atoms. The van der Waals surface area contributed by atoms with Gasteiger partial charge in [0, 0.05) is 37.0 Å². The molecule has 9 heteroatoms. The van der Waals surface area contributed by atoms with Crippen LogP contribution in [0.25, 0.3) is 5.69 Å². The van der Waals surface area contributed by atoms with E-state index in [-0.39, 0.29) is 5.91 Å². The second kappa shape index (κ2) is 10.1. The summed E-state index contributed by atoms with van der Waals surface area (Å²) < 4.78 is 1.73. The average molecular weight is 443 g/mol. The Kier molecular flexibility index (Phi) is 6.99. The maximum atomic E-state index is 12.5. The van der Waals surface area contributed by atoms with E-state index in [0.29, 0.717) is 17.3 Å². The molecule has 2 aromatic carbocycles. The number of nitrogens with zero attached hydrogens (tertiary/aromatic N) is 6. The van der Waals surface area contributed by atoms with Crippen LogP contribution < -0.4 is 0 Å². The highest BCUT2D eigenvalue weighted by Gasteiger charge is 2.22. The van der Waals surface area contributed by atoms with Crippen molar-refractivity contribution in [1.82, 2.24) is 30.0 Å². The lowest BCUT2D eigenvalue weighted by molar-refractivity contribution is -0.130. The van der Waals surface area contributed by atoms with Gasteiger partial charge >= 0.3 is 0 Å². The van der Waals surface area contributed by atoms with Crippen LogP contribution in [-0.4, -0.2) is 67.8 Å². The van der Waals surface area contributed by atoms with Crippen LogP contribution in [0.15, 0.2) is 54.6 Å². The molecule has 1 aliphatic rings. The van der Waals surface area contributed by atoms with Gasteiger partial charge in [0.25, 0.3) is 0 Å². The molecule has 7 nitrogen and oxygen atoms in total. The number of piperazine rings is 1. The van der Waals surface area contributed by atoms with E-state index in [1.807, 2.05) is 47.4 Å². The van der Waals surface area contributed by atoms with Crippen molar-refractivity contribution in [2.45, 2.75) is 12.3 Å². The summed E-state index contributed by atoms with van der Waals surface area (Å²) in [6.07, 6.45) is 0. The molecule has 1 aromatic heterocycles. The maximum absolute atomic E-state index is 12.5. The fourth-order valence-corrected chi connectivity index (χ4v) is 4.38. The largest absolute Gasteiger partial charge is 0.339 e. The molecule has 1 aliphatic heterocycles. The van der Waals surface area contributed by atoms with E-state index in [4.69, 9.17) is 11.6 Å². The van der Waals surface area contributed by atoms with Gasteiger partial charge in [0.1, 0.15) is 0 Å². The standard InChI is InChI=1S/C21H23ClN6OS/c22-18-6-8-19(9-7-18)28-20(23-24-25-28)14-26-10-12-27(13-11-26)21(29)16-30-15-17-4-2-1-3-5-17/h1-9H,10-16H2. The molecule has 1 amide bonds. The summed E-state index contributed by atoms with van der Waals surface area (Å²) in [5.74, 6) is 2.36. The van der Waals surface area contributed by atoms with E-state index >= 15 is 0 Å². The number of tetrazole rings is 1.